The monoisotopic (exact) mass is 472 g/mol. The van der Waals surface area contributed by atoms with Crippen molar-refractivity contribution in [3.8, 4) is 0 Å². The molecule has 0 heterocycles. The number of Topliss-reactive ketones (excluding diaryl/α,β-unsaturated/α-hetero) is 1. The van der Waals surface area contributed by atoms with Crippen molar-refractivity contribution in [3.63, 3.8) is 0 Å². The largest absolute Gasteiger partial charge is 0.458 e. The lowest BCUT2D eigenvalue weighted by Crippen LogP contribution is -2.73. The van der Waals surface area contributed by atoms with Gasteiger partial charge in [-0.15, -0.1) is 11.6 Å². The van der Waals surface area contributed by atoms with E-state index in [2.05, 4.69) is 0 Å². The average molecular weight is 473 g/mol. The summed E-state index contributed by atoms with van der Waals surface area (Å²) in [6.45, 7) is 3.50. The summed E-state index contributed by atoms with van der Waals surface area (Å²) in [5.41, 5.74) is -7.44. The summed E-state index contributed by atoms with van der Waals surface area (Å²) in [6, 6.07) is 0. The van der Waals surface area contributed by atoms with Crippen LogP contribution < -0.4 is 0 Å². The van der Waals surface area contributed by atoms with Crippen LogP contribution in [0.15, 0.2) is 23.8 Å². The van der Waals surface area contributed by atoms with E-state index in [1.807, 2.05) is 0 Å². The molecule has 0 saturated heterocycles. The van der Waals surface area contributed by atoms with E-state index in [4.69, 9.17) is 16.3 Å². The standard InChI is InChI=1S/C23H27ClF2O6/c1-11(27)32-10-16(30)22(31)7-5-13-17-18(24)19(25)14-8-12(28)4-6-20(14,2)23(17,26)15(29)9-21(13,22)3/h4,6,8,13,15,17-19,29,31H,5,7,9-10H2,1-3H3/t13-,15?,17+,18?,19?,20-,21-,22-,23+/m0/s1. The number of rotatable bonds is 3. The molecule has 0 aliphatic heterocycles. The molecule has 3 saturated carbocycles. The smallest absolute Gasteiger partial charge is 0.303 e. The lowest BCUT2D eigenvalue weighted by molar-refractivity contribution is -0.220. The van der Waals surface area contributed by atoms with Crippen LogP contribution in [0.5, 0.6) is 0 Å². The molecule has 4 aliphatic rings. The fourth-order valence-electron chi connectivity index (χ4n) is 6.89. The van der Waals surface area contributed by atoms with E-state index in [0.29, 0.717) is 0 Å². The zero-order chi connectivity index (χ0) is 23.9. The Balaban J connectivity index is 1.80. The van der Waals surface area contributed by atoms with E-state index in [1.165, 1.54) is 13.0 Å². The summed E-state index contributed by atoms with van der Waals surface area (Å²) in [6.07, 6.45) is -0.186. The molecule has 0 aromatic rings. The van der Waals surface area contributed by atoms with E-state index in [0.717, 1.165) is 19.1 Å². The Morgan fingerprint density at radius 1 is 1.34 bits per heavy atom. The number of esters is 1. The maximum atomic E-state index is 17.1. The molecule has 6 nitrogen and oxygen atoms in total. The third-order valence-corrected chi connectivity index (χ3v) is 9.16. The molecular formula is C23H27ClF2O6. The number of aliphatic hydroxyl groups excluding tert-OH is 1. The van der Waals surface area contributed by atoms with Crippen LogP contribution in [0.4, 0.5) is 8.78 Å². The summed E-state index contributed by atoms with van der Waals surface area (Å²) < 4.78 is 37.4. The third kappa shape index (κ3) is 2.72. The number of ketones is 2. The molecule has 9 heteroatoms. The number of allylic oxidation sites excluding steroid dienone is 4. The SMILES string of the molecule is CC(=O)OCC(=O)[C@@]1(O)CC[C@H]2[C@@H]3C(Cl)C(F)C4=CC(=O)C=C[C@]4(C)[C@@]3(F)C(O)C[C@@]21C. The summed E-state index contributed by atoms with van der Waals surface area (Å²) in [5.74, 6) is -3.87. The lowest BCUT2D eigenvalue weighted by atomic mass is 9.44. The number of halogens is 3. The van der Waals surface area contributed by atoms with Crippen LogP contribution in [0.2, 0.25) is 0 Å². The predicted molar refractivity (Wildman–Crippen MR) is 110 cm³/mol. The molecule has 0 amide bonds. The quantitative estimate of drug-likeness (QED) is 0.483. The zero-order valence-electron chi connectivity index (χ0n) is 18.1. The van der Waals surface area contributed by atoms with Crippen LogP contribution in [0.25, 0.3) is 0 Å². The lowest BCUT2D eigenvalue weighted by Gasteiger charge is -2.64. The minimum Gasteiger partial charge on any atom is -0.458 e. The molecule has 176 valence electrons. The highest BCUT2D eigenvalue weighted by molar-refractivity contribution is 6.22. The second-order valence-corrected chi connectivity index (χ2v) is 10.5. The fourth-order valence-corrected chi connectivity index (χ4v) is 7.39. The van der Waals surface area contributed by atoms with Gasteiger partial charge in [-0.3, -0.25) is 14.4 Å². The third-order valence-electron chi connectivity index (χ3n) is 8.66. The Morgan fingerprint density at radius 2 is 2.00 bits per heavy atom. The first-order chi connectivity index (χ1) is 14.7. The second kappa shape index (κ2) is 7.18. The van der Waals surface area contributed by atoms with Crippen molar-refractivity contribution in [2.45, 2.75) is 69.0 Å². The van der Waals surface area contributed by atoms with E-state index in [9.17, 15) is 24.6 Å². The molecule has 2 N–H and O–H groups in total. The Kier molecular flexibility index (Phi) is 5.27. The number of carbonyl (C=O) groups excluding carboxylic acids is 3. The van der Waals surface area contributed by atoms with Crippen LogP contribution in [-0.2, 0) is 19.1 Å². The summed E-state index contributed by atoms with van der Waals surface area (Å²) in [5, 5.41) is 21.2. The van der Waals surface area contributed by atoms with Crippen molar-refractivity contribution < 1.29 is 38.1 Å². The number of hydrogen-bond donors (Lipinski definition) is 2. The Morgan fingerprint density at radius 3 is 2.62 bits per heavy atom. The highest BCUT2D eigenvalue weighted by atomic mass is 35.5. The van der Waals surface area contributed by atoms with Gasteiger partial charge in [-0.05, 0) is 49.8 Å². The fraction of sp³-hybridized carbons (Fsp3) is 0.696. The Hall–Kier alpha value is -1.64. The molecular weight excluding hydrogens is 446 g/mol. The minimum absolute atomic E-state index is 0.0537. The van der Waals surface area contributed by atoms with Gasteiger partial charge < -0.3 is 14.9 Å². The molecule has 0 bridgehead atoms. The van der Waals surface area contributed by atoms with E-state index < -0.39 is 75.7 Å². The van der Waals surface area contributed by atoms with Crippen LogP contribution in [-0.4, -0.2) is 63.3 Å². The molecule has 0 aromatic carbocycles. The molecule has 9 atom stereocenters. The molecule has 4 rings (SSSR count). The number of aliphatic hydroxyl groups is 2. The maximum absolute atomic E-state index is 17.1. The normalized spacial score (nSPS) is 49.6. The zero-order valence-corrected chi connectivity index (χ0v) is 18.9. The van der Waals surface area contributed by atoms with Gasteiger partial charge in [-0.1, -0.05) is 13.0 Å². The highest BCUT2D eigenvalue weighted by Crippen LogP contribution is 2.70. The molecule has 0 spiro atoms. The van der Waals surface area contributed by atoms with Crippen LogP contribution in [0, 0.1) is 22.7 Å². The second-order valence-electron chi connectivity index (χ2n) is 10.0. The average Bonchev–Trinajstić information content (AvgIpc) is 2.98. The van der Waals surface area contributed by atoms with Gasteiger partial charge in [0.1, 0.15) is 11.8 Å². The van der Waals surface area contributed by atoms with Crippen molar-refractivity contribution >= 4 is 29.1 Å². The molecule has 32 heavy (non-hydrogen) atoms. The van der Waals surface area contributed by atoms with Crippen molar-refractivity contribution in [1.29, 1.82) is 0 Å². The van der Waals surface area contributed by atoms with Gasteiger partial charge in [-0.2, -0.15) is 0 Å². The Labute approximate surface area is 189 Å². The van der Waals surface area contributed by atoms with Crippen molar-refractivity contribution in [3.05, 3.63) is 23.8 Å². The van der Waals surface area contributed by atoms with Crippen LogP contribution in [0.1, 0.15) is 40.0 Å². The van der Waals surface area contributed by atoms with Crippen molar-refractivity contribution in [1.82, 2.24) is 0 Å². The first kappa shape index (κ1) is 23.5. The molecule has 3 fully saturated rings. The van der Waals surface area contributed by atoms with Gasteiger partial charge in [0.25, 0.3) is 0 Å². The molecule has 0 aromatic heterocycles. The van der Waals surface area contributed by atoms with E-state index in [1.54, 1.807) is 6.92 Å². The van der Waals surface area contributed by atoms with Gasteiger partial charge in [0.05, 0.1) is 11.5 Å². The molecule has 3 unspecified atom stereocenters. The highest BCUT2D eigenvalue weighted by Gasteiger charge is 2.77. The van der Waals surface area contributed by atoms with E-state index in [-0.39, 0.29) is 24.8 Å². The van der Waals surface area contributed by atoms with Gasteiger partial charge >= 0.3 is 5.97 Å². The number of fused-ring (bicyclic) bond motifs is 5. The number of hydrogen-bond acceptors (Lipinski definition) is 6. The topological polar surface area (TPSA) is 101 Å². The summed E-state index contributed by atoms with van der Waals surface area (Å²) in [4.78, 5) is 35.9. The van der Waals surface area contributed by atoms with Crippen LogP contribution >= 0.6 is 11.6 Å². The van der Waals surface area contributed by atoms with E-state index >= 15 is 8.78 Å². The van der Waals surface area contributed by atoms with Crippen molar-refractivity contribution in [2.24, 2.45) is 22.7 Å². The maximum Gasteiger partial charge on any atom is 0.303 e. The Bertz CT molecular complexity index is 951. The van der Waals surface area contributed by atoms with Crippen molar-refractivity contribution in [2.75, 3.05) is 6.61 Å². The minimum atomic E-state index is -2.42. The number of alkyl halides is 3. The van der Waals surface area contributed by atoms with Gasteiger partial charge in [0, 0.05) is 23.7 Å². The number of ether oxygens (including phenoxy) is 1. The summed E-state index contributed by atoms with van der Waals surface area (Å²) in [7, 11) is 0. The predicted octanol–water partition coefficient (Wildman–Crippen LogP) is 2.39. The first-order valence-electron chi connectivity index (χ1n) is 10.7. The molecule has 4 aliphatic carbocycles. The first-order valence-corrected chi connectivity index (χ1v) is 11.2. The molecule has 0 radical (unpaired) electrons. The van der Waals surface area contributed by atoms with Gasteiger partial charge in [0.15, 0.2) is 18.1 Å². The van der Waals surface area contributed by atoms with Gasteiger partial charge in [-0.25, -0.2) is 8.78 Å². The number of carbonyl (C=O) groups is 3. The van der Waals surface area contributed by atoms with Gasteiger partial charge in [0.2, 0.25) is 5.78 Å². The van der Waals surface area contributed by atoms with Crippen LogP contribution in [0.3, 0.4) is 0 Å². The summed E-state index contributed by atoms with van der Waals surface area (Å²) >= 11 is 6.49.